The van der Waals surface area contributed by atoms with Gasteiger partial charge in [0.2, 0.25) is 5.91 Å². The smallest absolute Gasteiger partial charge is 0.230 e. The molecule has 0 aromatic carbocycles. The first kappa shape index (κ1) is 14.4. The molecule has 1 amide bonds. The van der Waals surface area contributed by atoms with Crippen molar-refractivity contribution in [3.05, 3.63) is 0 Å². The molecule has 3 atom stereocenters. The topological polar surface area (TPSA) is 64.3 Å². The van der Waals surface area contributed by atoms with Crippen LogP contribution in [-0.4, -0.2) is 30.2 Å². The van der Waals surface area contributed by atoms with E-state index in [0.717, 1.165) is 25.7 Å². The summed E-state index contributed by atoms with van der Waals surface area (Å²) >= 11 is 4.94. The largest absolute Gasteiger partial charge is 0.393 e. The zero-order chi connectivity index (χ0) is 12.8. The number of methoxy groups -OCH3 is 1. The Morgan fingerprint density at radius 1 is 1.59 bits per heavy atom. The van der Waals surface area contributed by atoms with Crippen LogP contribution in [0.4, 0.5) is 0 Å². The van der Waals surface area contributed by atoms with Crippen LogP contribution in [0.5, 0.6) is 0 Å². The van der Waals surface area contributed by atoms with Crippen LogP contribution < -0.4 is 11.1 Å². The Morgan fingerprint density at radius 2 is 2.29 bits per heavy atom. The molecule has 0 saturated heterocycles. The molecule has 4 nitrogen and oxygen atoms in total. The quantitative estimate of drug-likeness (QED) is 0.706. The molecular weight excluding hydrogens is 236 g/mol. The van der Waals surface area contributed by atoms with Crippen molar-refractivity contribution in [3.8, 4) is 0 Å². The van der Waals surface area contributed by atoms with E-state index in [1.165, 1.54) is 0 Å². The van der Waals surface area contributed by atoms with Crippen molar-refractivity contribution in [1.82, 2.24) is 5.32 Å². The van der Waals surface area contributed by atoms with E-state index >= 15 is 0 Å². The van der Waals surface area contributed by atoms with Crippen LogP contribution in [0.15, 0.2) is 0 Å². The van der Waals surface area contributed by atoms with E-state index in [1.54, 1.807) is 7.11 Å². The summed E-state index contributed by atoms with van der Waals surface area (Å²) < 4.78 is 5.35. The number of carbonyl (C=O) groups is 1. The zero-order valence-corrected chi connectivity index (χ0v) is 11.4. The number of ether oxygens (including phenoxy) is 1. The second kappa shape index (κ2) is 6.91. The van der Waals surface area contributed by atoms with Crippen LogP contribution in [0.1, 0.15) is 39.0 Å². The summed E-state index contributed by atoms with van der Waals surface area (Å²) in [6.45, 7) is 2.02. The van der Waals surface area contributed by atoms with Gasteiger partial charge in [0, 0.05) is 7.11 Å². The number of carbonyl (C=O) groups excluding carboxylic acids is 1. The lowest BCUT2D eigenvalue weighted by atomic mass is 10.0. The Bertz CT molecular complexity index is 284. The molecule has 0 heterocycles. The molecule has 0 aromatic rings. The molecule has 1 aliphatic carbocycles. The lowest BCUT2D eigenvalue weighted by Gasteiger charge is -2.22. The Hall–Kier alpha value is -0.680. The number of hydrogen-bond acceptors (Lipinski definition) is 3. The van der Waals surface area contributed by atoms with Gasteiger partial charge < -0.3 is 15.8 Å². The number of hydrogen-bond donors (Lipinski definition) is 2. The summed E-state index contributed by atoms with van der Waals surface area (Å²) in [5.74, 6) is -0.388. The minimum atomic E-state index is -0.340. The van der Waals surface area contributed by atoms with Gasteiger partial charge in [0.25, 0.3) is 0 Å². The second-order valence-corrected chi connectivity index (χ2v) is 5.04. The van der Waals surface area contributed by atoms with Crippen LogP contribution >= 0.6 is 12.2 Å². The third kappa shape index (κ3) is 3.92. The van der Waals surface area contributed by atoms with Crippen molar-refractivity contribution < 1.29 is 9.53 Å². The third-order valence-corrected chi connectivity index (χ3v) is 3.60. The first-order valence-corrected chi connectivity index (χ1v) is 6.63. The zero-order valence-electron chi connectivity index (χ0n) is 10.6. The maximum Gasteiger partial charge on any atom is 0.230 e. The minimum absolute atomic E-state index is 0.0479. The van der Waals surface area contributed by atoms with Gasteiger partial charge in [0.05, 0.1) is 23.1 Å². The number of amides is 1. The van der Waals surface area contributed by atoms with E-state index in [1.807, 2.05) is 6.92 Å². The summed E-state index contributed by atoms with van der Waals surface area (Å²) in [6, 6.07) is 0.112. The average molecular weight is 258 g/mol. The van der Waals surface area contributed by atoms with Crippen LogP contribution in [-0.2, 0) is 9.53 Å². The molecule has 3 unspecified atom stereocenters. The van der Waals surface area contributed by atoms with Crippen LogP contribution in [0.25, 0.3) is 0 Å². The molecule has 0 aromatic heterocycles. The van der Waals surface area contributed by atoms with Gasteiger partial charge in [-0.1, -0.05) is 25.6 Å². The Balaban J connectivity index is 2.54. The molecule has 3 N–H and O–H groups in total. The van der Waals surface area contributed by atoms with Crippen molar-refractivity contribution >= 4 is 23.1 Å². The molecule has 98 valence electrons. The highest BCUT2D eigenvalue weighted by atomic mass is 32.1. The Labute approximate surface area is 108 Å². The van der Waals surface area contributed by atoms with Crippen LogP contribution in [0.2, 0.25) is 0 Å². The van der Waals surface area contributed by atoms with Gasteiger partial charge in [0.1, 0.15) is 0 Å². The van der Waals surface area contributed by atoms with Crippen LogP contribution in [0, 0.1) is 5.92 Å². The van der Waals surface area contributed by atoms with Gasteiger partial charge >= 0.3 is 0 Å². The second-order valence-electron chi connectivity index (χ2n) is 4.56. The summed E-state index contributed by atoms with van der Waals surface area (Å²) in [7, 11) is 1.69. The van der Waals surface area contributed by atoms with Gasteiger partial charge in [-0.3, -0.25) is 4.79 Å². The first-order chi connectivity index (χ1) is 8.10. The van der Waals surface area contributed by atoms with Crippen molar-refractivity contribution in [1.29, 1.82) is 0 Å². The maximum absolute atomic E-state index is 12.1. The highest BCUT2D eigenvalue weighted by molar-refractivity contribution is 7.80. The SMILES string of the molecule is CCCC(C(=O)NC1CCCC1OC)C(N)=S. The molecule has 0 bridgehead atoms. The molecule has 1 fully saturated rings. The molecule has 5 heteroatoms. The lowest BCUT2D eigenvalue weighted by Crippen LogP contribution is -2.46. The Kier molecular flexibility index (Phi) is 5.85. The third-order valence-electron chi connectivity index (χ3n) is 3.32. The first-order valence-electron chi connectivity index (χ1n) is 6.22. The molecule has 1 rings (SSSR count). The van der Waals surface area contributed by atoms with Crippen molar-refractivity contribution in [2.75, 3.05) is 7.11 Å². The van der Waals surface area contributed by atoms with E-state index in [2.05, 4.69) is 5.32 Å². The highest BCUT2D eigenvalue weighted by Crippen LogP contribution is 2.22. The Morgan fingerprint density at radius 3 is 2.82 bits per heavy atom. The molecule has 0 spiro atoms. The fourth-order valence-electron chi connectivity index (χ4n) is 2.35. The van der Waals surface area contributed by atoms with Crippen molar-refractivity contribution in [2.24, 2.45) is 11.7 Å². The molecule has 1 saturated carbocycles. The number of nitrogens with two attached hydrogens (primary N) is 1. The summed E-state index contributed by atoms with van der Waals surface area (Å²) in [4.78, 5) is 12.3. The van der Waals surface area contributed by atoms with E-state index in [9.17, 15) is 4.79 Å². The molecular formula is C12H22N2O2S. The van der Waals surface area contributed by atoms with Crippen LogP contribution in [0.3, 0.4) is 0 Å². The number of thiocarbonyl (C=S) groups is 1. The number of rotatable bonds is 6. The highest BCUT2D eigenvalue weighted by Gasteiger charge is 2.31. The van der Waals surface area contributed by atoms with E-state index in [-0.39, 0.29) is 29.0 Å². The predicted octanol–water partition coefficient (Wildman–Crippen LogP) is 1.37. The lowest BCUT2D eigenvalue weighted by molar-refractivity contribution is -0.124. The summed E-state index contributed by atoms with van der Waals surface area (Å²) in [5.41, 5.74) is 5.60. The van der Waals surface area contributed by atoms with Crippen molar-refractivity contribution in [3.63, 3.8) is 0 Å². The molecule has 0 radical (unpaired) electrons. The van der Waals surface area contributed by atoms with E-state index in [0.29, 0.717) is 6.42 Å². The minimum Gasteiger partial charge on any atom is -0.393 e. The van der Waals surface area contributed by atoms with Gasteiger partial charge in [-0.05, 0) is 25.7 Å². The normalized spacial score (nSPS) is 25.5. The molecule has 17 heavy (non-hydrogen) atoms. The van der Waals surface area contributed by atoms with Gasteiger partial charge in [-0.2, -0.15) is 0 Å². The average Bonchev–Trinajstić information content (AvgIpc) is 2.72. The summed E-state index contributed by atoms with van der Waals surface area (Å²) in [6.07, 6.45) is 4.81. The number of nitrogens with one attached hydrogen (secondary N) is 1. The van der Waals surface area contributed by atoms with E-state index in [4.69, 9.17) is 22.7 Å². The molecule has 0 aliphatic heterocycles. The van der Waals surface area contributed by atoms with Crippen molar-refractivity contribution in [2.45, 2.75) is 51.2 Å². The monoisotopic (exact) mass is 258 g/mol. The van der Waals surface area contributed by atoms with Gasteiger partial charge in [-0.15, -0.1) is 0 Å². The van der Waals surface area contributed by atoms with E-state index < -0.39 is 0 Å². The molecule has 1 aliphatic rings. The fourth-order valence-corrected chi connectivity index (χ4v) is 2.57. The maximum atomic E-state index is 12.1. The van der Waals surface area contributed by atoms with Gasteiger partial charge in [-0.25, -0.2) is 0 Å². The van der Waals surface area contributed by atoms with Gasteiger partial charge in [0.15, 0.2) is 0 Å². The summed E-state index contributed by atoms with van der Waals surface area (Å²) in [5, 5.41) is 3.01. The predicted molar refractivity (Wildman–Crippen MR) is 71.8 cm³/mol. The fraction of sp³-hybridized carbons (Fsp3) is 0.833. The standard InChI is InChI=1S/C12H22N2O2S/c1-3-5-8(11(13)17)12(15)14-9-6-4-7-10(9)16-2/h8-10H,3-7H2,1-2H3,(H2,13,17)(H,14,15).